The smallest absolute Gasteiger partial charge is 0.180 e. The van der Waals surface area contributed by atoms with Gasteiger partial charge in [-0.3, -0.25) is 0 Å². The number of nitrogens with one attached hydrogen (secondary N) is 2. The minimum Gasteiger partial charge on any atom is -0.380 e. The van der Waals surface area contributed by atoms with Crippen molar-refractivity contribution < 1.29 is 0 Å². The van der Waals surface area contributed by atoms with Crippen LogP contribution in [0.25, 0.3) is 11.2 Å². The highest BCUT2D eigenvalue weighted by Crippen LogP contribution is 2.27. The predicted molar refractivity (Wildman–Crippen MR) is 64.8 cm³/mol. The van der Waals surface area contributed by atoms with Gasteiger partial charge in [-0.15, -0.1) is 0 Å². The summed E-state index contributed by atoms with van der Waals surface area (Å²) in [5.41, 5.74) is 2.63. The topological polar surface area (TPSA) is 53.6 Å². The Labute approximate surface area is 98.4 Å². The van der Waals surface area contributed by atoms with Crippen molar-refractivity contribution in [3.63, 3.8) is 0 Å². The zero-order valence-corrected chi connectivity index (χ0v) is 9.59. The van der Waals surface area contributed by atoms with E-state index in [2.05, 4.69) is 20.3 Å². The Kier molecular flexibility index (Phi) is 2.44. The van der Waals surface area contributed by atoms with Crippen LogP contribution in [0.1, 0.15) is 25.7 Å². The Balaban J connectivity index is 1.97. The van der Waals surface area contributed by atoms with Crippen molar-refractivity contribution in [3.8, 4) is 0 Å². The number of rotatable bonds is 2. The minimum absolute atomic E-state index is 0.486. The molecular formula is C11H13ClN4. The van der Waals surface area contributed by atoms with Crippen LogP contribution >= 0.6 is 11.6 Å². The van der Waals surface area contributed by atoms with E-state index in [1.165, 1.54) is 25.7 Å². The Morgan fingerprint density at radius 3 is 3.00 bits per heavy atom. The number of aromatic amines is 1. The van der Waals surface area contributed by atoms with E-state index in [0.717, 1.165) is 11.2 Å². The maximum Gasteiger partial charge on any atom is 0.180 e. The highest BCUT2D eigenvalue weighted by molar-refractivity contribution is 6.30. The summed E-state index contributed by atoms with van der Waals surface area (Å²) in [7, 11) is 0. The van der Waals surface area contributed by atoms with Gasteiger partial charge in [-0.2, -0.15) is 0 Å². The van der Waals surface area contributed by atoms with Crippen molar-refractivity contribution in [1.29, 1.82) is 0 Å². The maximum atomic E-state index is 5.96. The molecule has 84 valence electrons. The van der Waals surface area contributed by atoms with Gasteiger partial charge in [0.1, 0.15) is 10.7 Å². The lowest BCUT2D eigenvalue weighted by Crippen LogP contribution is -2.14. The van der Waals surface area contributed by atoms with Crippen molar-refractivity contribution in [2.24, 2.45) is 0 Å². The van der Waals surface area contributed by atoms with Crippen LogP contribution in [-0.2, 0) is 0 Å². The number of imidazole rings is 1. The Morgan fingerprint density at radius 1 is 1.38 bits per heavy atom. The molecule has 0 bridgehead atoms. The van der Waals surface area contributed by atoms with Crippen LogP contribution < -0.4 is 5.32 Å². The number of hydrogen-bond donors (Lipinski definition) is 2. The van der Waals surface area contributed by atoms with Crippen molar-refractivity contribution in [2.75, 3.05) is 5.32 Å². The number of H-pyrrole nitrogens is 1. The molecule has 0 radical (unpaired) electrons. The lowest BCUT2D eigenvalue weighted by Gasteiger charge is -2.13. The van der Waals surface area contributed by atoms with E-state index in [9.17, 15) is 0 Å². The monoisotopic (exact) mass is 236 g/mol. The van der Waals surface area contributed by atoms with Crippen LogP contribution in [0.2, 0.25) is 5.15 Å². The van der Waals surface area contributed by atoms with Crippen LogP contribution in [0, 0.1) is 0 Å². The van der Waals surface area contributed by atoms with Gasteiger partial charge in [0.05, 0.1) is 12.0 Å². The van der Waals surface area contributed by atoms with Crippen molar-refractivity contribution in [1.82, 2.24) is 15.0 Å². The van der Waals surface area contributed by atoms with E-state index < -0.39 is 0 Å². The molecule has 4 nitrogen and oxygen atoms in total. The van der Waals surface area contributed by atoms with Gasteiger partial charge in [-0.05, 0) is 12.8 Å². The zero-order chi connectivity index (χ0) is 11.0. The molecule has 3 rings (SSSR count). The molecule has 1 aliphatic rings. The highest BCUT2D eigenvalue weighted by Gasteiger charge is 2.16. The molecule has 1 aliphatic carbocycles. The molecule has 0 amide bonds. The second kappa shape index (κ2) is 3.94. The second-order valence-corrected chi connectivity index (χ2v) is 4.61. The standard InChI is InChI=1S/C11H13ClN4/c12-9-5-8(15-7-3-1-2-4-7)10-11(16-9)14-6-13-10/h5-7H,1-4H2,(H2,13,14,15,16). The molecule has 0 aliphatic heterocycles. The number of anilines is 1. The SMILES string of the molecule is Clc1cc(NC2CCCC2)c2[nH]cnc2n1. The summed E-state index contributed by atoms with van der Waals surface area (Å²) in [5, 5.41) is 4.00. The summed E-state index contributed by atoms with van der Waals surface area (Å²) in [4.78, 5) is 11.4. The summed E-state index contributed by atoms with van der Waals surface area (Å²) >= 11 is 5.96. The quantitative estimate of drug-likeness (QED) is 0.789. The lowest BCUT2D eigenvalue weighted by molar-refractivity contribution is 0.756. The number of nitrogens with zero attached hydrogens (tertiary/aromatic N) is 2. The Bertz CT molecular complexity index is 502. The number of fused-ring (bicyclic) bond motifs is 1. The average molecular weight is 237 g/mol. The first-order valence-corrected chi connectivity index (χ1v) is 5.97. The van der Waals surface area contributed by atoms with Gasteiger partial charge in [0.2, 0.25) is 0 Å². The molecule has 0 atom stereocenters. The third-order valence-electron chi connectivity index (χ3n) is 3.08. The molecule has 0 unspecified atom stereocenters. The molecule has 2 N–H and O–H groups in total. The molecule has 0 saturated heterocycles. The first-order chi connectivity index (χ1) is 7.83. The van der Waals surface area contributed by atoms with Gasteiger partial charge < -0.3 is 10.3 Å². The summed E-state index contributed by atoms with van der Waals surface area (Å²) < 4.78 is 0. The second-order valence-electron chi connectivity index (χ2n) is 4.22. The third-order valence-corrected chi connectivity index (χ3v) is 3.27. The normalized spacial score (nSPS) is 17.1. The molecule has 0 spiro atoms. The summed E-state index contributed by atoms with van der Waals surface area (Å²) in [6.07, 6.45) is 6.73. The van der Waals surface area contributed by atoms with Crippen LogP contribution in [0.3, 0.4) is 0 Å². The molecule has 0 aromatic carbocycles. The zero-order valence-electron chi connectivity index (χ0n) is 8.83. The molecule has 5 heteroatoms. The van der Waals surface area contributed by atoms with Gasteiger partial charge in [0.25, 0.3) is 0 Å². The van der Waals surface area contributed by atoms with Gasteiger partial charge >= 0.3 is 0 Å². The Hall–Kier alpha value is -1.29. The molecular weight excluding hydrogens is 224 g/mol. The van der Waals surface area contributed by atoms with Gasteiger partial charge in [0, 0.05) is 12.1 Å². The number of aromatic nitrogens is 3. The molecule has 2 heterocycles. The lowest BCUT2D eigenvalue weighted by atomic mass is 10.2. The molecule has 16 heavy (non-hydrogen) atoms. The molecule has 1 saturated carbocycles. The first-order valence-electron chi connectivity index (χ1n) is 5.59. The van der Waals surface area contributed by atoms with E-state index in [0.29, 0.717) is 16.8 Å². The number of hydrogen-bond acceptors (Lipinski definition) is 3. The fourth-order valence-electron chi connectivity index (χ4n) is 2.30. The molecule has 1 fully saturated rings. The Morgan fingerprint density at radius 2 is 2.19 bits per heavy atom. The van der Waals surface area contributed by atoms with Crippen molar-refractivity contribution in [3.05, 3.63) is 17.5 Å². The third kappa shape index (κ3) is 1.73. The number of halogens is 1. The van der Waals surface area contributed by atoms with E-state index in [1.54, 1.807) is 6.33 Å². The van der Waals surface area contributed by atoms with E-state index in [1.807, 2.05) is 6.07 Å². The van der Waals surface area contributed by atoms with Crippen LogP contribution in [0.4, 0.5) is 5.69 Å². The minimum atomic E-state index is 0.486. The van der Waals surface area contributed by atoms with Gasteiger partial charge in [-0.1, -0.05) is 24.4 Å². The van der Waals surface area contributed by atoms with E-state index in [4.69, 9.17) is 11.6 Å². The largest absolute Gasteiger partial charge is 0.380 e. The van der Waals surface area contributed by atoms with Crippen molar-refractivity contribution in [2.45, 2.75) is 31.7 Å². The molecule has 2 aromatic rings. The summed E-state index contributed by atoms with van der Waals surface area (Å²) in [6, 6.07) is 2.42. The fraction of sp³-hybridized carbons (Fsp3) is 0.455. The van der Waals surface area contributed by atoms with Crippen molar-refractivity contribution >= 4 is 28.5 Å². The highest BCUT2D eigenvalue weighted by atomic mass is 35.5. The van der Waals surface area contributed by atoms with E-state index in [-0.39, 0.29) is 0 Å². The van der Waals surface area contributed by atoms with E-state index >= 15 is 0 Å². The van der Waals surface area contributed by atoms with Crippen LogP contribution in [0.15, 0.2) is 12.4 Å². The van der Waals surface area contributed by atoms with Gasteiger partial charge in [-0.25, -0.2) is 9.97 Å². The number of pyridine rings is 1. The fourth-order valence-corrected chi connectivity index (χ4v) is 2.49. The van der Waals surface area contributed by atoms with Crippen LogP contribution in [-0.4, -0.2) is 21.0 Å². The predicted octanol–water partition coefficient (Wildman–Crippen LogP) is 2.97. The maximum absolute atomic E-state index is 5.96. The first kappa shape index (κ1) is 9.90. The summed E-state index contributed by atoms with van der Waals surface area (Å²) in [6.45, 7) is 0. The average Bonchev–Trinajstić information content (AvgIpc) is 2.87. The van der Waals surface area contributed by atoms with Crippen LogP contribution in [0.5, 0.6) is 0 Å². The molecule has 2 aromatic heterocycles. The summed E-state index contributed by atoms with van der Waals surface area (Å²) in [5.74, 6) is 0. The van der Waals surface area contributed by atoms with Gasteiger partial charge in [0.15, 0.2) is 5.65 Å².